The predicted molar refractivity (Wildman–Crippen MR) is 115 cm³/mol. The van der Waals surface area contributed by atoms with Crippen molar-refractivity contribution in [2.75, 3.05) is 23.7 Å². The number of thioether (sulfide) groups is 1. The van der Waals surface area contributed by atoms with Crippen LogP contribution in [-0.2, 0) is 16.0 Å². The van der Waals surface area contributed by atoms with Crippen molar-refractivity contribution in [2.45, 2.75) is 17.4 Å². The molecule has 3 aromatic rings. The molecule has 4 nitrogen and oxygen atoms in total. The Hall–Kier alpha value is -2.09. The van der Waals surface area contributed by atoms with E-state index in [1.807, 2.05) is 35.2 Å². The normalized spacial score (nSPS) is 18.7. The SMILES string of the molecule is O=C1CSc2ccccc2N1CC(=O)N1CCc2sccc2C1c1cccs1. The van der Waals surface area contributed by atoms with E-state index in [1.165, 1.54) is 15.3 Å². The molecule has 2 aliphatic heterocycles. The molecule has 0 fully saturated rings. The highest BCUT2D eigenvalue weighted by Crippen LogP contribution is 2.40. The number of para-hydroxylation sites is 1. The Morgan fingerprint density at radius 2 is 1.96 bits per heavy atom. The number of carbonyl (C=O) groups excluding carboxylic acids is 2. The molecule has 4 heterocycles. The fourth-order valence-corrected chi connectivity index (χ4v) is 6.59. The Kier molecular flexibility index (Phi) is 4.74. The van der Waals surface area contributed by atoms with Crippen LogP contribution in [0.4, 0.5) is 5.69 Å². The molecule has 28 heavy (non-hydrogen) atoms. The number of hydrogen-bond donors (Lipinski definition) is 0. The van der Waals surface area contributed by atoms with Gasteiger partial charge in [0.25, 0.3) is 0 Å². The molecular weight excluding hydrogens is 408 g/mol. The molecule has 2 aliphatic rings. The molecule has 2 aromatic heterocycles. The summed E-state index contributed by atoms with van der Waals surface area (Å²) in [5.41, 5.74) is 2.07. The Morgan fingerprint density at radius 3 is 2.82 bits per heavy atom. The Labute approximate surface area is 175 Å². The van der Waals surface area contributed by atoms with Crippen LogP contribution in [0.15, 0.2) is 58.1 Å². The topological polar surface area (TPSA) is 40.6 Å². The first kappa shape index (κ1) is 18.0. The number of carbonyl (C=O) groups is 2. The number of anilines is 1. The summed E-state index contributed by atoms with van der Waals surface area (Å²) < 4.78 is 0. The Morgan fingerprint density at radius 1 is 1.07 bits per heavy atom. The van der Waals surface area contributed by atoms with Gasteiger partial charge < -0.3 is 9.80 Å². The molecule has 0 saturated heterocycles. The highest BCUT2D eigenvalue weighted by Gasteiger charge is 2.35. The third-order valence-corrected chi connectivity index (χ3v) is 8.17. The highest BCUT2D eigenvalue weighted by molar-refractivity contribution is 8.00. The molecule has 7 heteroatoms. The van der Waals surface area contributed by atoms with Crippen LogP contribution in [0.1, 0.15) is 21.4 Å². The van der Waals surface area contributed by atoms with Crippen LogP contribution in [-0.4, -0.2) is 35.6 Å². The first-order valence-electron chi connectivity index (χ1n) is 9.13. The molecule has 0 N–H and O–H groups in total. The number of thiophene rings is 2. The standard InChI is InChI=1S/C21H18N2O2S3/c24-19(12-23-15-4-1-2-5-17(15)28-13-20(23)25)22-9-7-16-14(8-11-27-16)21(22)18-6-3-10-26-18/h1-6,8,10-11,21H,7,9,12-13H2. The zero-order chi connectivity index (χ0) is 19.1. The zero-order valence-electron chi connectivity index (χ0n) is 15.0. The van der Waals surface area contributed by atoms with E-state index in [9.17, 15) is 9.59 Å². The number of rotatable bonds is 3. The van der Waals surface area contributed by atoms with Crippen molar-refractivity contribution in [1.29, 1.82) is 0 Å². The summed E-state index contributed by atoms with van der Waals surface area (Å²) in [5.74, 6) is 0.385. The first-order valence-corrected chi connectivity index (χ1v) is 11.9. The van der Waals surface area contributed by atoms with Crippen LogP contribution >= 0.6 is 34.4 Å². The molecule has 1 atom stereocenters. The summed E-state index contributed by atoms with van der Waals surface area (Å²) in [4.78, 5) is 33.2. The van der Waals surface area contributed by atoms with Gasteiger partial charge in [0.15, 0.2) is 0 Å². The van der Waals surface area contributed by atoms with Crippen LogP contribution in [0.3, 0.4) is 0 Å². The maximum atomic E-state index is 13.4. The summed E-state index contributed by atoms with van der Waals surface area (Å²) in [6, 6.07) is 14.0. The van der Waals surface area contributed by atoms with E-state index in [-0.39, 0.29) is 24.4 Å². The summed E-state index contributed by atoms with van der Waals surface area (Å²) in [7, 11) is 0. The van der Waals surface area contributed by atoms with Gasteiger partial charge in [-0.1, -0.05) is 18.2 Å². The quantitative estimate of drug-likeness (QED) is 0.622. The zero-order valence-corrected chi connectivity index (χ0v) is 17.5. The van der Waals surface area contributed by atoms with E-state index >= 15 is 0 Å². The van der Waals surface area contributed by atoms with Crippen molar-refractivity contribution in [3.8, 4) is 0 Å². The molecule has 0 radical (unpaired) electrons. The third-order valence-electron chi connectivity index (χ3n) is 5.20. The van der Waals surface area contributed by atoms with E-state index in [0.717, 1.165) is 17.0 Å². The maximum absolute atomic E-state index is 13.4. The number of fused-ring (bicyclic) bond motifs is 2. The summed E-state index contributed by atoms with van der Waals surface area (Å²) in [6.45, 7) is 0.783. The van der Waals surface area contributed by atoms with Gasteiger partial charge in [0.05, 0.1) is 17.5 Å². The van der Waals surface area contributed by atoms with Crippen LogP contribution in [0.2, 0.25) is 0 Å². The van der Waals surface area contributed by atoms with Crippen LogP contribution in [0.5, 0.6) is 0 Å². The fourth-order valence-electron chi connectivity index (χ4n) is 3.89. The fraction of sp³-hybridized carbons (Fsp3) is 0.238. The van der Waals surface area contributed by atoms with E-state index in [1.54, 1.807) is 39.3 Å². The van der Waals surface area contributed by atoms with Gasteiger partial charge in [-0.05, 0) is 47.0 Å². The minimum atomic E-state index is -0.0491. The van der Waals surface area contributed by atoms with Gasteiger partial charge in [-0.15, -0.1) is 34.4 Å². The lowest BCUT2D eigenvalue weighted by Crippen LogP contribution is -2.48. The van der Waals surface area contributed by atoms with E-state index in [0.29, 0.717) is 12.3 Å². The van der Waals surface area contributed by atoms with Crippen molar-refractivity contribution in [1.82, 2.24) is 4.90 Å². The van der Waals surface area contributed by atoms with Crippen molar-refractivity contribution in [3.05, 3.63) is 68.5 Å². The first-order chi connectivity index (χ1) is 13.7. The minimum Gasteiger partial charge on any atom is -0.329 e. The Balaban J connectivity index is 1.46. The lowest BCUT2D eigenvalue weighted by Gasteiger charge is -2.37. The number of benzene rings is 1. The second-order valence-electron chi connectivity index (χ2n) is 6.79. The largest absolute Gasteiger partial charge is 0.329 e. The summed E-state index contributed by atoms with van der Waals surface area (Å²) in [6.07, 6.45) is 0.876. The maximum Gasteiger partial charge on any atom is 0.243 e. The Bertz CT molecular complexity index is 1030. The lowest BCUT2D eigenvalue weighted by molar-refractivity contribution is -0.133. The third kappa shape index (κ3) is 3.07. The summed E-state index contributed by atoms with van der Waals surface area (Å²) in [5, 5.41) is 4.17. The van der Waals surface area contributed by atoms with Crippen LogP contribution in [0, 0.1) is 0 Å². The molecule has 0 aliphatic carbocycles. The smallest absolute Gasteiger partial charge is 0.243 e. The molecule has 0 saturated carbocycles. The molecule has 5 rings (SSSR count). The molecule has 1 unspecified atom stereocenters. The van der Waals surface area contributed by atoms with E-state index < -0.39 is 0 Å². The van der Waals surface area contributed by atoms with Gasteiger partial charge in [-0.2, -0.15) is 0 Å². The van der Waals surface area contributed by atoms with Crippen molar-refractivity contribution >= 4 is 51.9 Å². The molecule has 142 valence electrons. The van der Waals surface area contributed by atoms with Crippen molar-refractivity contribution in [3.63, 3.8) is 0 Å². The number of hydrogen-bond acceptors (Lipinski definition) is 5. The highest BCUT2D eigenvalue weighted by atomic mass is 32.2. The molecule has 2 amide bonds. The molecular formula is C21H18N2O2S3. The van der Waals surface area contributed by atoms with Gasteiger partial charge >= 0.3 is 0 Å². The monoisotopic (exact) mass is 426 g/mol. The van der Waals surface area contributed by atoms with Gasteiger partial charge in [0, 0.05) is 21.2 Å². The van der Waals surface area contributed by atoms with E-state index in [4.69, 9.17) is 0 Å². The van der Waals surface area contributed by atoms with Gasteiger partial charge in [0.1, 0.15) is 6.54 Å². The second kappa shape index (κ2) is 7.39. The number of amides is 2. The number of nitrogens with zero attached hydrogens (tertiary/aromatic N) is 2. The van der Waals surface area contributed by atoms with Crippen molar-refractivity contribution in [2.24, 2.45) is 0 Å². The van der Waals surface area contributed by atoms with Gasteiger partial charge in [-0.3, -0.25) is 9.59 Å². The average Bonchev–Trinajstić information content (AvgIpc) is 3.41. The van der Waals surface area contributed by atoms with Crippen LogP contribution < -0.4 is 4.90 Å². The molecule has 0 bridgehead atoms. The second-order valence-corrected chi connectivity index (χ2v) is 9.79. The minimum absolute atomic E-state index is 0.00189. The van der Waals surface area contributed by atoms with Gasteiger partial charge in [0.2, 0.25) is 11.8 Å². The molecule has 0 spiro atoms. The predicted octanol–water partition coefficient (Wildman–Crippen LogP) is 4.42. The van der Waals surface area contributed by atoms with E-state index in [2.05, 4.69) is 22.9 Å². The van der Waals surface area contributed by atoms with Gasteiger partial charge in [-0.25, -0.2) is 0 Å². The lowest BCUT2D eigenvalue weighted by atomic mass is 9.98. The van der Waals surface area contributed by atoms with Crippen molar-refractivity contribution < 1.29 is 9.59 Å². The van der Waals surface area contributed by atoms with Crippen LogP contribution in [0.25, 0.3) is 0 Å². The molecule has 1 aromatic carbocycles. The average molecular weight is 427 g/mol. The summed E-state index contributed by atoms with van der Waals surface area (Å²) >= 11 is 4.99.